The Bertz CT molecular complexity index is 391. The number of nitrogens with one attached hydrogen (secondary N) is 2. The second-order valence-electron chi connectivity index (χ2n) is 4.28. The Morgan fingerprint density at radius 2 is 2.12 bits per heavy atom. The largest absolute Gasteiger partial charge is 0.335 e. The molecule has 1 aliphatic carbocycles. The van der Waals surface area contributed by atoms with Crippen LogP contribution in [0.25, 0.3) is 0 Å². The van der Waals surface area contributed by atoms with Gasteiger partial charge in [-0.3, -0.25) is 0 Å². The minimum Gasteiger partial charge on any atom is -0.335 e. The first-order chi connectivity index (χ1) is 8.25. The summed E-state index contributed by atoms with van der Waals surface area (Å²) in [6.45, 7) is 0. The van der Waals surface area contributed by atoms with Crippen molar-refractivity contribution in [2.45, 2.75) is 38.1 Å². The highest BCUT2D eigenvalue weighted by Crippen LogP contribution is 2.19. The molecule has 0 saturated heterocycles. The van der Waals surface area contributed by atoms with Crippen LogP contribution in [0, 0.1) is 0 Å². The molecule has 1 aromatic heterocycles. The van der Waals surface area contributed by atoms with Crippen molar-refractivity contribution in [2.24, 2.45) is 0 Å². The lowest BCUT2D eigenvalue weighted by atomic mass is 9.96. The highest BCUT2D eigenvalue weighted by Gasteiger charge is 2.16. The van der Waals surface area contributed by atoms with E-state index in [1.54, 1.807) is 18.3 Å². The second kappa shape index (κ2) is 5.87. The van der Waals surface area contributed by atoms with Gasteiger partial charge < -0.3 is 10.6 Å². The van der Waals surface area contributed by atoms with Crippen molar-refractivity contribution < 1.29 is 4.79 Å². The fourth-order valence-corrected chi connectivity index (χ4v) is 2.24. The first kappa shape index (κ1) is 12.2. The first-order valence-corrected chi connectivity index (χ1v) is 6.31. The van der Waals surface area contributed by atoms with Gasteiger partial charge in [-0.15, -0.1) is 0 Å². The molecular weight excluding hydrogens is 238 g/mol. The summed E-state index contributed by atoms with van der Waals surface area (Å²) in [6, 6.07) is 3.56. The molecule has 0 bridgehead atoms. The predicted molar refractivity (Wildman–Crippen MR) is 68.3 cm³/mol. The molecule has 1 fully saturated rings. The number of halogens is 1. The van der Waals surface area contributed by atoms with E-state index in [-0.39, 0.29) is 6.03 Å². The first-order valence-electron chi connectivity index (χ1n) is 5.94. The summed E-state index contributed by atoms with van der Waals surface area (Å²) in [6.07, 6.45) is 7.38. The van der Waals surface area contributed by atoms with E-state index in [1.807, 2.05) is 0 Å². The number of carbonyl (C=O) groups excluding carboxylic acids is 1. The number of pyridine rings is 1. The molecule has 2 N–H and O–H groups in total. The average molecular weight is 254 g/mol. The van der Waals surface area contributed by atoms with Gasteiger partial charge in [-0.2, -0.15) is 0 Å². The Kier molecular flexibility index (Phi) is 4.20. The lowest BCUT2D eigenvalue weighted by Gasteiger charge is -2.22. The molecule has 1 aliphatic rings. The molecule has 0 spiro atoms. The lowest BCUT2D eigenvalue weighted by molar-refractivity contribution is 0.244. The van der Waals surface area contributed by atoms with Gasteiger partial charge in [-0.25, -0.2) is 9.78 Å². The number of aromatic nitrogens is 1. The molecule has 17 heavy (non-hydrogen) atoms. The Labute approximate surface area is 106 Å². The van der Waals surface area contributed by atoms with Crippen LogP contribution in [0.2, 0.25) is 5.15 Å². The molecule has 0 unspecified atom stereocenters. The summed E-state index contributed by atoms with van der Waals surface area (Å²) in [5.41, 5.74) is 0.544. The van der Waals surface area contributed by atoms with E-state index in [1.165, 1.54) is 19.3 Å². The molecule has 0 aromatic carbocycles. The molecule has 0 aliphatic heterocycles. The van der Waals surface area contributed by atoms with Crippen LogP contribution in [-0.4, -0.2) is 17.1 Å². The third kappa shape index (κ3) is 3.60. The van der Waals surface area contributed by atoms with Crippen LogP contribution in [0.15, 0.2) is 18.3 Å². The average Bonchev–Trinajstić information content (AvgIpc) is 2.33. The van der Waals surface area contributed by atoms with Crippen molar-refractivity contribution in [3.63, 3.8) is 0 Å². The Morgan fingerprint density at radius 3 is 2.82 bits per heavy atom. The second-order valence-corrected chi connectivity index (χ2v) is 4.63. The number of carbonyl (C=O) groups is 1. The molecule has 0 radical (unpaired) electrons. The monoisotopic (exact) mass is 253 g/mol. The molecule has 1 heterocycles. The van der Waals surface area contributed by atoms with Gasteiger partial charge in [0.15, 0.2) is 5.15 Å². The number of rotatable bonds is 2. The van der Waals surface area contributed by atoms with E-state index in [0.29, 0.717) is 16.9 Å². The van der Waals surface area contributed by atoms with E-state index < -0.39 is 0 Å². The molecule has 2 rings (SSSR count). The maximum atomic E-state index is 11.7. The molecule has 0 atom stereocenters. The van der Waals surface area contributed by atoms with Crippen molar-refractivity contribution >= 4 is 23.3 Å². The number of anilines is 1. The van der Waals surface area contributed by atoms with Crippen LogP contribution in [0.1, 0.15) is 32.1 Å². The van der Waals surface area contributed by atoms with Crippen molar-refractivity contribution in [1.82, 2.24) is 10.3 Å². The number of hydrogen-bond donors (Lipinski definition) is 2. The maximum absolute atomic E-state index is 11.7. The summed E-state index contributed by atoms with van der Waals surface area (Å²) in [5, 5.41) is 5.98. The van der Waals surface area contributed by atoms with E-state index in [0.717, 1.165) is 12.8 Å². The van der Waals surface area contributed by atoms with E-state index >= 15 is 0 Å². The fourth-order valence-electron chi connectivity index (χ4n) is 2.07. The summed E-state index contributed by atoms with van der Waals surface area (Å²) in [5.74, 6) is 0. The zero-order chi connectivity index (χ0) is 12.1. The number of hydrogen-bond acceptors (Lipinski definition) is 2. The highest BCUT2D eigenvalue weighted by atomic mass is 35.5. The SMILES string of the molecule is O=C(Nc1cccnc1Cl)NC1CCCCC1. The van der Waals surface area contributed by atoms with Crippen LogP contribution in [0.3, 0.4) is 0 Å². The third-order valence-electron chi connectivity index (χ3n) is 2.95. The number of urea groups is 1. The van der Waals surface area contributed by atoms with Gasteiger partial charge in [0, 0.05) is 12.2 Å². The van der Waals surface area contributed by atoms with E-state index in [9.17, 15) is 4.79 Å². The molecule has 1 aromatic rings. The topological polar surface area (TPSA) is 54.0 Å². The van der Waals surface area contributed by atoms with Crippen molar-refractivity contribution in [2.75, 3.05) is 5.32 Å². The zero-order valence-corrected chi connectivity index (χ0v) is 10.3. The van der Waals surface area contributed by atoms with Crippen LogP contribution < -0.4 is 10.6 Å². The molecule has 2 amide bonds. The third-order valence-corrected chi connectivity index (χ3v) is 3.25. The van der Waals surface area contributed by atoms with Gasteiger partial charge in [0.25, 0.3) is 0 Å². The Balaban J connectivity index is 1.86. The summed E-state index contributed by atoms with van der Waals surface area (Å²) in [4.78, 5) is 15.6. The molecule has 92 valence electrons. The maximum Gasteiger partial charge on any atom is 0.319 e. The van der Waals surface area contributed by atoms with Crippen molar-refractivity contribution in [3.05, 3.63) is 23.5 Å². The smallest absolute Gasteiger partial charge is 0.319 e. The minimum atomic E-state index is -0.202. The Hall–Kier alpha value is -1.29. The molecular formula is C12H16ClN3O. The minimum absolute atomic E-state index is 0.202. The highest BCUT2D eigenvalue weighted by molar-refractivity contribution is 6.32. The van der Waals surface area contributed by atoms with Crippen LogP contribution in [0.5, 0.6) is 0 Å². The summed E-state index contributed by atoms with van der Waals surface area (Å²) in [7, 11) is 0. The Morgan fingerprint density at radius 1 is 1.35 bits per heavy atom. The summed E-state index contributed by atoms with van der Waals surface area (Å²) >= 11 is 5.86. The van der Waals surface area contributed by atoms with Crippen LogP contribution in [-0.2, 0) is 0 Å². The number of nitrogens with zero attached hydrogens (tertiary/aromatic N) is 1. The molecule has 1 saturated carbocycles. The standard InChI is InChI=1S/C12H16ClN3O/c13-11-10(7-4-8-14-11)16-12(17)15-9-5-2-1-3-6-9/h4,7-9H,1-3,5-6H2,(H2,15,16,17). The molecule has 4 nitrogen and oxygen atoms in total. The lowest BCUT2D eigenvalue weighted by Crippen LogP contribution is -2.39. The van der Waals surface area contributed by atoms with Crippen molar-refractivity contribution in [3.8, 4) is 0 Å². The molecule has 5 heteroatoms. The van der Waals surface area contributed by atoms with E-state index in [2.05, 4.69) is 15.6 Å². The van der Waals surface area contributed by atoms with Gasteiger partial charge in [-0.1, -0.05) is 30.9 Å². The van der Waals surface area contributed by atoms with Gasteiger partial charge in [0.05, 0.1) is 5.69 Å². The van der Waals surface area contributed by atoms with E-state index in [4.69, 9.17) is 11.6 Å². The quantitative estimate of drug-likeness (QED) is 0.796. The van der Waals surface area contributed by atoms with Crippen LogP contribution >= 0.6 is 11.6 Å². The van der Waals surface area contributed by atoms with Gasteiger partial charge >= 0.3 is 6.03 Å². The van der Waals surface area contributed by atoms with Gasteiger partial charge in [0.1, 0.15) is 0 Å². The number of amides is 2. The van der Waals surface area contributed by atoms with Gasteiger partial charge in [0.2, 0.25) is 0 Å². The fraction of sp³-hybridized carbons (Fsp3) is 0.500. The predicted octanol–water partition coefficient (Wildman–Crippen LogP) is 3.19. The van der Waals surface area contributed by atoms with Gasteiger partial charge in [-0.05, 0) is 25.0 Å². The normalized spacial score (nSPS) is 16.5. The summed E-state index contributed by atoms with van der Waals surface area (Å²) < 4.78 is 0. The van der Waals surface area contributed by atoms with Crippen LogP contribution in [0.4, 0.5) is 10.5 Å². The zero-order valence-electron chi connectivity index (χ0n) is 9.58. The van der Waals surface area contributed by atoms with Crippen molar-refractivity contribution in [1.29, 1.82) is 0 Å².